The van der Waals surface area contributed by atoms with E-state index in [2.05, 4.69) is 4.90 Å². The number of carboxylic acid groups (broad SMARTS) is 1. The number of piperidine rings is 1. The number of benzene rings is 1. The predicted octanol–water partition coefficient (Wildman–Crippen LogP) is 1.16. The van der Waals surface area contributed by atoms with Crippen LogP contribution in [0.15, 0.2) is 29.2 Å². The van der Waals surface area contributed by atoms with Crippen LogP contribution in [0.2, 0.25) is 0 Å². The van der Waals surface area contributed by atoms with Crippen LogP contribution in [0.1, 0.15) is 12.8 Å². The molecule has 1 aromatic rings. The van der Waals surface area contributed by atoms with E-state index in [4.69, 9.17) is 9.84 Å². The van der Waals surface area contributed by atoms with Gasteiger partial charge in [0.15, 0.2) is 9.84 Å². The molecule has 0 atom stereocenters. The first-order valence-corrected chi connectivity index (χ1v) is 8.64. The molecule has 0 radical (unpaired) electrons. The molecule has 1 fully saturated rings. The lowest BCUT2D eigenvalue weighted by Crippen LogP contribution is -2.37. The average Bonchev–Trinajstić information content (AvgIpc) is 2.45. The molecule has 21 heavy (non-hydrogen) atoms. The molecule has 0 aromatic heterocycles. The zero-order chi connectivity index (χ0) is 15.5. The van der Waals surface area contributed by atoms with Crippen LogP contribution in [0, 0.1) is 0 Å². The highest BCUT2D eigenvalue weighted by molar-refractivity contribution is 7.90. The summed E-state index contributed by atoms with van der Waals surface area (Å²) in [4.78, 5) is 12.9. The van der Waals surface area contributed by atoms with Gasteiger partial charge in [0.1, 0.15) is 6.61 Å². The summed E-state index contributed by atoms with van der Waals surface area (Å²) in [5.41, 5.74) is 0.971. The van der Waals surface area contributed by atoms with Crippen LogP contribution in [0.3, 0.4) is 0 Å². The zero-order valence-electron chi connectivity index (χ0n) is 11.9. The van der Waals surface area contributed by atoms with Gasteiger partial charge >= 0.3 is 5.97 Å². The lowest BCUT2D eigenvalue weighted by Gasteiger charge is -2.33. The second-order valence-electron chi connectivity index (χ2n) is 5.16. The van der Waals surface area contributed by atoms with Crippen LogP contribution in [-0.4, -0.2) is 51.5 Å². The number of hydrogen-bond donors (Lipinski definition) is 1. The molecule has 7 heteroatoms. The van der Waals surface area contributed by atoms with Gasteiger partial charge in [0, 0.05) is 25.0 Å². The Bertz CT molecular complexity index is 588. The van der Waals surface area contributed by atoms with E-state index in [0.29, 0.717) is 4.90 Å². The molecule has 116 valence electrons. The van der Waals surface area contributed by atoms with Gasteiger partial charge in [0.2, 0.25) is 0 Å². The van der Waals surface area contributed by atoms with Crippen molar-refractivity contribution in [1.29, 1.82) is 0 Å². The minimum Gasteiger partial charge on any atom is -0.480 e. The monoisotopic (exact) mass is 313 g/mol. The summed E-state index contributed by atoms with van der Waals surface area (Å²) in [7, 11) is -3.17. The van der Waals surface area contributed by atoms with Crippen molar-refractivity contribution in [2.45, 2.75) is 23.8 Å². The molecule has 1 N–H and O–H groups in total. The average molecular weight is 313 g/mol. The van der Waals surface area contributed by atoms with Crippen LogP contribution in [0.4, 0.5) is 5.69 Å². The summed E-state index contributed by atoms with van der Waals surface area (Å²) in [5.74, 6) is -0.950. The first-order chi connectivity index (χ1) is 9.86. The summed E-state index contributed by atoms with van der Waals surface area (Å²) < 4.78 is 28.1. The predicted molar refractivity (Wildman–Crippen MR) is 78.4 cm³/mol. The van der Waals surface area contributed by atoms with Crippen molar-refractivity contribution in [1.82, 2.24) is 0 Å². The molecular weight excluding hydrogens is 294 g/mol. The number of carboxylic acids is 1. The Hall–Kier alpha value is -1.60. The first-order valence-electron chi connectivity index (χ1n) is 6.75. The topological polar surface area (TPSA) is 83.9 Å². The highest BCUT2D eigenvalue weighted by Crippen LogP contribution is 2.23. The number of anilines is 1. The zero-order valence-corrected chi connectivity index (χ0v) is 12.7. The van der Waals surface area contributed by atoms with Gasteiger partial charge in [-0.05, 0) is 37.1 Å². The number of nitrogens with zero attached hydrogens (tertiary/aromatic N) is 1. The first kappa shape index (κ1) is 15.8. The molecule has 2 rings (SSSR count). The standard InChI is InChI=1S/C14H19NO5S/c1-21(18,19)13-4-2-11(3-5-13)15-8-6-12(7-9-15)20-10-14(16)17/h2-5,12H,6-10H2,1H3,(H,16,17). The Morgan fingerprint density at radius 2 is 1.86 bits per heavy atom. The van der Waals surface area contributed by atoms with Crippen LogP contribution < -0.4 is 4.90 Å². The van der Waals surface area contributed by atoms with E-state index in [1.54, 1.807) is 24.3 Å². The molecule has 1 heterocycles. The normalized spacial score (nSPS) is 16.9. The van der Waals surface area contributed by atoms with E-state index in [1.807, 2.05) is 0 Å². The van der Waals surface area contributed by atoms with Gasteiger partial charge in [0.25, 0.3) is 0 Å². The van der Waals surface area contributed by atoms with E-state index >= 15 is 0 Å². The van der Waals surface area contributed by atoms with E-state index < -0.39 is 15.8 Å². The third-order valence-electron chi connectivity index (χ3n) is 3.51. The van der Waals surface area contributed by atoms with Crippen LogP contribution >= 0.6 is 0 Å². The Balaban J connectivity index is 1.92. The quantitative estimate of drug-likeness (QED) is 0.878. The molecule has 6 nitrogen and oxygen atoms in total. The second kappa shape index (κ2) is 6.44. The SMILES string of the molecule is CS(=O)(=O)c1ccc(N2CCC(OCC(=O)O)CC2)cc1. The minimum absolute atomic E-state index is 0.0207. The highest BCUT2D eigenvalue weighted by atomic mass is 32.2. The van der Waals surface area contributed by atoms with Crippen LogP contribution in [0.25, 0.3) is 0 Å². The minimum atomic E-state index is -3.17. The van der Waals surface area contributed by atoms with E-state index in [9.17, 15) is 13.2 Å². The fourth-order valence-electron chi connectivity index (χ4n) is 2.37. The van der Waals surface area contributed by atoms with E-state index in [1.165, 1.54) is 6.26 Å². The lowest BCUT2D eigenvalue weighted by molar-refractivity contribution is -0.144. The summed E-state index contributed by atoms with van der Waals surface area (Å²) in [6.07, 6.45) is 2.70. The lowest BCUT2D eigenvalue weighted by atomic mass is 10.1. The summed E-state index contributed by atoms with van der Waals surface area (Å²) in [6, 6.07) is 6.82. The Labute approximate surface area is 124 Å². The van der Waals surface area contributed by atoms with Crippen molar-refractivity contribution in [2.75, 3.05) is 30.9 Å². The van der Waals surface area contributed by atoms with Crippen molar-refractivity contribution >= 4 is 21.5 Å². The summed E-state index contributed by atoms with van der Waals surface area (Å²) >= 11 is 0. The fourth-order valence-corrected chi connectivity index (χ4v) is 3.00. The molecule has 0 bridgehead atoms. The fraction of sp³-hybridized carbons (Fsp3) is 0.500. The van der Waals surface area contributed by atoms with Crippen LogP contribution in [0.5, 0.6) is 0 Å². The Morgan fingerprint density at radius 1 is 1.29 bits per heavy atom. The third-order valence-corrected chi connectivity index (χ3v) is 4.64. The van der Waals surface area contributed by atoms with Gasteiger partial charge in [-0.2, -0.15) is 0 Å². The summed E-state index contributed by atoms with van der Waals surface area (Å²) in [6.45, 7) is 1.28. The number of carbonyl (C=O) groups is 1. The molecule has 0 aliphatic carbocycles. The number of sulfone groups is 1. The maximum absolute atomic E-state index is 11.4. The van der Waals surface area contributed by atoms with Crippen LogP contribution in [-0.2, 0) is 19.4 Å². The molecular formula is C14H19NO5S. The highest BCUT2D eigenvalue weighted by Gasteiger charge is 2.20. The summed E-state index contributed by atoms with van der Waals surface area (Å²) in [5, 5.41) is 8.58. The second-order valence-corrected chi connectivity index (χ2v) is 7.17. The molecule has 0 amide bonds. The smallest absolute Gasteiger partial charge is 0.329 e. The van der Waals surface area contributed by atoms with Gasteiger partial charge in [-0.1, -0.05) is 0 Å². The Morgan fingerprint density at radius 3 is 2.33 bits per heavy atom. The third kappa shape index (κ3) is 4.44. The molecule has 0 unspecified atom stereocenters. The van der Waals surface area contributed by atoms with Crippen molar-refractivity contribution in [2.24, 2.45) is 0 Å². The molecule has 1 aliphatic rings. The van der Waals surface area contributed by atoms with Gasteiger partial charge < -0.3 is 14.7 Å². The van der Waals surface area contributed by atoms with Gasteiger partial charge in [0.05, 0.1) is 11.0 Å². The molecule has 1 aromatic carbocycles. The maximum Gasteiger partial charge on any atom is 0.329 e. The van der Waals surface area contributed by atoms with Crippen molar-refractivity contribution < 1.29 is 23.1 Å². The van der Waals surface area contributed by atoms with Crippen molar-refractivity contribution in [3.8, 4) is 0 Å². The molecule has 0 spiro atoms. The number of rotatable bonds is 5. The largest absolute Gasteiger partial charge is 0.480 e. The molecule has 1 saturated heterocycles. The molecule has 1 aliphatic heterocycles. The van der Waals surface area contributed by atoms with E-state index in [0.717, 1.165) is 31.6 Å². The Kier molecular flexibility index (Phi) is 4.84. The van der Waals surface area contributed by atoms with Crippen molar-refractivity contribution in [3.63, 3.8) is 0 Å². The van der Waals surface area contributed by atoms with Crippen molar-refractivity contribution in [3.05, 3.63) is 24.3 Å². The van der Waals surface area contributed by atoms with Gasteiger partial charge in [-0.25, -0.2) is 13.2 Å². The number of ether oxygens (including phenoxy) is 1. The number of hydrogen-bond acceptors (Lipinski definition) is 5. The van der Waals surface area contributed by atoms with E-state index in [-0.39, 0.29) is 12.7 Å². The maximum atomic E-state index is 11.4. The van der Waals surface area contributed by atoms with Gasteiger partial charge in [-0.3, -0.25) is 0 Å². The molecule has 0 saturated carbocycles. The number of aliphatic carboxylic acids is 1. The van der Waals surface area contributed by atoms with Gasteiger partial charge in [-0.15, -0.1) is 0 Å².